The van der Waals surface area contributed by atoms with Gasteiger partial charge >= 0.3 is 0 Å². The fourth-order valence-electron chi connectivity index (χ4n) is 1.48. The van der Waals surface area contributed by atoms with E-state index in [2.05, 4.69) is 15.0 Å². The van der Waals surface area contributed by atoms with Crippen LogP contribution in [0, 0.1) is 11.6 Å². The van der Waals surface area contributed by atoms with E-state index in [0.717, 1.165) is 18.2 Å². The number of guanidine groups is 1. The number of nitrogens with one attached hydrogen (secondary N) is 2. The van der Waals surface area contributed by atoms with Crippen LogP contribution in [0.5, 0.6) is 0 Å². The van der Waals surface area contributed by atoms with Crippen LogP contribution in [0.25, 0.3) is 0 Å². The van der Waals surface area contributed by atoms with Gasteiger partial charge < -0.3 is 11.1 Å². The number of benzene rings is 1. The minimum absolute atomic E-state index is 0.0994. The number of hydrogen-bond acceptors (Lipinski definition) is 3. The van der Waals surface area contributed by atoms with Crippen molar-refractivity contribution in [1.82, 2.24) is 4.72 Å². The molecule has 0 unspecified atom stereocenters. The van der Waals surface area contributed by atoms with Gasteiger partial charge in [0.25, 0.3) is 0 Å². The summed E-state index contributed by atoms with van der Waals surface area (Å²) in [6.45, 7) is 3.30. The van der Waals surface area contributed by atoms with E-state index in [1.54, 1.807) is 13.8 Å². The molecule has 0 fully saturated rings. The molecule has 21 heavy (non-hydrogen) atoms. The fourth-order valence-corrected chi connectivity index (χ4v) is 2.64. The maximum atomic E-state index is 13.3. The number of halogens is 2. The number of rotatable bonds is 6. The topological polar surface area (TPSA) is 96.6 Å². The molecule has 1 aromatic rings. The van der Waals surface area contributed by atoms with Crippen molar-refractivity contribution in [2.45, 2.75) is 19.9 Å². The van der Waals surface area contributed by atoms with Gasteiger partial charge in [-0.3, -0.25) is 4.99 Å². The van der Waals surface area contributed by atoms with Crippen molar-refractivity contribution < 1.29 is 17.2 Å². The van der Waals surface area contributed by atoms with Gasteiger partial charge in [0, 0.05) is 12.1 Å². The first-order valence-corrected chi connectivity index (χ1v) is 7.87. The predicted octanol–water partition coefficient (Wildman–Crippen LogP) is 1.02. The van der Waals surface area contributed by atoms with Gasteiger partial charge in [0.2, 0.25) is 10.0 Å². The highest BCUT2D eigenvalue weighted by Gasteiger charge is 2.11. The van der Waals surface area contributed by atoms with Crippen molar-refractivity contribution in [3.05, 3.63) is 29.8 Å². The summed E-state index contributed by atoms with van der Waals surface area (Å²) < 4.78 is 51.7. The Morgan fingerprint density at radius 3 is 2.67 bits per heavy atom. The molecule has 0 atom stereocenters. The van der Waals surface area contributed by atoms with Crippen molar-refractivity contribution >= 4 is 21.7 Å². The monoisotopic (exact) mass is 320 g/mol. The third-order valence-corrected chi connectivity index (χ3v) is 3.80. The maximum absolute atomic E-state index is 13.3. The number of aliphatic imine (C=N–C) groups is 1. The van der Waals surface area contributed by atoms with Gasteiger partial charge in [0.15, 0.2) is 5.96 Å². The summed E-state index contributed by atoms with van der Waals surface area (Å²) in [5.41, 5.74) is 5.32. The van der Waals surface area contributed by atoms with Crippen LogP contribution in [0.15, 0.2) is 23.2 Å². The lowest BCUT2D eigenvalue weighted by Crippen LogP contribution is -2.33. The molecule has 0 aliphatic heterocycles. The zero-order valence-corrected chi connectivity index (χ0v) is 12.5. The Balaban J connectivity index is 2.60. The summed E-state index contributed by atoms with van der Waals surface area (Å²) in [6.07, 6.45) is 0. The zero-order chi connectivity index (χ0) is 16.0. The van der Waals surface area contributed by atoms with Crippen LogP contribution in [0.2, 0.25) is 0 Å². The molecule has 0 heterocycles. The number of sulfonamides is 1. The smallest absolute Gasteiger partial charge is 0.213 e. The molecule has 1 rings (SSSR count). The Kier molecular flexibility index (Phi) is 6.03. The van der Waals surface area contributed by atoms with E-state index in [4.69, 9.17) is 5.73 Å². The lowest BCUT2D eigenvalue weighted by atomic mass is 10.3. The van der Waals surface area contributed by atoms with Gasteiger partial charge in [0.05, 0.1) is 18.0 Å². The Morgan fingerprint density at radius 1 is 1.38 bits per heavy atom. The van der Waals surface area contributed by atoms with Crippen LogP contribution >= 0.6 is 0 Å². The normalized spacial score (nSPS) is 12.7. The summed E-state index contributed by atoms with van der Waals surface area (Å²) in [5.74, 6) is -1.77. The predicted molar refractivity (Wildman–Crippen MR) is 78.5 cm³/mol. The van der Waals surface area contributed by atoms with E-state index in [1.165, 1.54) is 0 Å². The van der Waals surface area contributed by atoms with Crippen LogP contribution < -0.4 is 15.8 Å². The summed E-state index contributed by atoms with van der Waals surface area (Å²) in [4.78, 5) is 3.76. The quantitative estimate of drug-likeness (QED) is 0.538. The van der Waals surface area contributed by atoms with Crippen LogP contribution in [-0.4, -0.2) is 32.7 Å². The molecule has 0 saturated carbocycles. The molecular weight excluding hydrogens is 302 g/mol. The number of nitrogens with zero attached hydrogens (tertiary/aromatic N) is 1. The van der Waals surface area contributed by atoms with Gasteiger partial charge in [-0.05, 0) is 26.0 Å². The molecule has 0 aliphatic rings. The Labute approximate surface area is 122 Å². The number of anilines is 1. The summed E-state index contributed by atoms with van der Waals surface area (Å²) in [6, 6.07) is 2.63. The molecule has 0 saturated heterocycles. The van der Waals surface area contributed by atoms with Crippen molar-refractivity contribution in [3.8, 4) is 0 Å². The van der Waals surface area contributed by atoms with Crippen molar-refractivity contribution in [3.63, 3.8) is 0 Å². The van der Waals surface area contributed by atoms with Gasteiger partial charge in [-0.1, -0.05) is 0 Å². The molecule has 0 aromatic heterocycles. The lowest BCUT2D eigenvalue weighted by molar-refractivity contribution is 0.570. The molecule has 4 N–H and O–H groups in total. The Hall–Kier alpha value is -1.74. The standard InChI is InChI=1S/C12H18F2N4O2S/c1-8(2)18-21(19,20)6-5-16-12(15)17-11-7-9(13)3-4-10(11)14/h3-4,7-8,18H,5-6H2,1-2H3,(H3,15,16,17). The number of hydrogen-bond donors (Lipinski definition) is 3. The summed E-state index contributed by atoms with van der Waals surface area (Å²) >= 11 is 0. The maximum Gasteiger partial charge on any atom is 0.213 e. The van der Waals surface area contributed by atoms with Crippen LogP contribution in [0.1, 0.15) is 13.8 Å². The molecule has 0 spiro atoms. The van der Waals surface area contributed by atoms with Crippen molar-refractivity contribution in [1.29, 1.82) is 0 Å². The van der Waals surface area contributed by atoms with E-state index < -0.39 is 21.7 Å². The van der Waals surface area contributed by atoms with Crippen LogP contribution in [-0.2, 0) is 10.0 Å². The molecule has 1 aromatic carbocycles. The summed E-state index contributed by atoms with van der Waals surface area (Å²) in [5, 5.41) is 2.38. The average molecular weight is 320 g/mol. The third-order valence-electron chi connectivity index (χ3n) is 2.25. The largest absolute Gasteiger partial charge is 0.370 e. The fraction of sp³-hybridized carbons (Fsp3) is 0.417. The highest BCUT2D eigenvalue weighted by molar-refractivity contribution is 7.89. The second-order valence-corrected chi connectivity index (χ2v) is 6.48. The zero-order valence-electron chi connectivity index (χ0n) is 11.7. The van der Waals surface area contributed by atoms with Crippen molar-refractivity contribution in [2.75, 3.05) is 17.6 Å². The Morgan fingerprint density at radius 2 is 2.05 bits per heavy atom. The van der Waals surface area contributed by atoms with Gasteiger partial charge in [-0.25, -0.2) is 21.9 Å². The van der Waals surface area contributed by atoms with E-state index in [1.807, 2.05) is 0 Å². The first-order valence-electron chi connectivity index (χ1n) is 6.21. The van der Waals surface area contributed by atoms with E-state index in [9.17, 15) is 17.2 Å². The molecule has 0 aliphatic carbocycles. The molecule has 0 radical (unpaired) electrons. The van der Waals surface area contributed by atoms with E-state index >= 15 is 0 Å². The molecule has 0 bridgehead atoms. The average Bonchev–Trinajstić information content (AvgIpc) is 2.31. The number of nitrogens with two attached hydrogens (primary N) is 1. The molecule has 6 nitrogen and oxygen atoms in total. The minimum Gasteiger partial charge on any atom is -0.370 e. The SMILES string of the molecule is CC(C)NS(=O)(=O)CCN=C(N)Nc1cc(F)ccc1F. The van der Waals surface area contributed by atoms with E-state index in [-0.39, 0.29) is 30.0 Å². The first kappa shape index (κ1) is 17.3. The highest BCUT2D eigenvalue weighted by Crippen LogP contribution is 2.14. The molecule has 0 amide bonds. The van der Waals surface area contributed by atoms with Crippen molar-refractivity contribution in [2.24, 2.45) is 10.7 Å². The van der Waals surface area contributed by atoms with Crippen LogP contribution in [0.3, 0.4) is 0 Å². The second kappa shape index (κ2) is 7.32. The molecule has 118 valence electrons. The van der Waals surface area contributed by atoms with Gasteiger partial charge in [0.1, 0.15) is 11.6 Å². The Bertz CT molecular complexity index is 618. The van der Waals surface area contributed by atoms with E-state index in [0.29, 0.717) is 0 Å². The lowest BCUT2D eigenvalue weighted by Gasteiger charge is -2.09. The van der Waals surface area contributed by atoms with Crippen LogP contribution in [0.4, 0.5) is 14.5 Å². The summed E-state index contributed by atoms with van der Waals surface area (Å²) in [7, 11) is -3.44. The highest BCUT2D eigenvalue weighted by atomic mass is 32.2. The van der Waals surface area contributed by atoms with Gasteiger partial charge in [-0.15, -0.1) is 0 Å². The second-order valence-electron chi connectivity index (χ2n) is 4.61. The van der Waals surface area contributed by atoms with Gasteiger partial charge in [-0.2, -0.15) is 0 Å². The minimum atomic E-state index is -3.44. The molecular formula is C12H18F2N4O2S. The third kappa shape index (κ3) is 6.50. The molecule has 9 heteroatoms. The first-order chi connectivity index (χ1) is 9.69.